The molecule has 0 saturated carbocycles. The monoisotopic (exact) mass is 393 g/mol. The Balaban J connectivity index is 1.38. The molecule has 1 heterocycles. The summed E-state index contributed by atoms with van der Waals surface area (Å²) in [6, 6.07) is 13.5. The van der Waals surface area contributed by atoms with E-state index in [9.17, 15) is 19.5 Å². The van der Waals surface area contributed by atoms with E-state index in [0.717, 1.165) is 25.7 Å². The number of phenolic OH excluding ortho intramolecular Hbond substituents is 1. The predicted octanol–water partition coefficient (Wildman–Crippen LogP) is 3.49. The molecule has 1 aliphatic rings. The summed E-state index contributed by atoms with van der Waals surface area (Å²) < 4.78 is 5.64. The first-order chi connectivity index (χ1) is 14.1. The van der Waals surface area contributed by atoms with Gasteiger partial charge in [0, 0.05) is 30.3 Å². The van der Waals surface area contributed by atoms with Gasteiger partial charge in [-0.3, -0.25) is 19.3 Å². The van der Waals surface area contributed by atoms with Gasteiger partial charge in [-0.15, -0.1) is 0 Å². The first-order valence-electron chi connectivity index (χ1n) is 9.65. The molecule has 150 valence electrons. The molecule has 1 N–H and O–H groups in total. The molecule has 0 saturated heterocycles. The number of rotatable bonds is 10. The summed E-state index contributed by atoms with van der Waals surface area (Å²) in [7, 11) is 0. The number of nitrogens with zero attached hydrogens (tertiary/aromatic N) is 1. The van der Waals surface area contributed by atoms with Crippen LogP contribution in [0.4, 0.5) is 0 Å². The van der Waals surface area contributed by atoms with Crippen molar-refractivity contribution in [3.63, 3.8) is 0 Å². The van der Waals surface area contributed by atoms with Crippen molar-refractivity contribution >= 4 is 17.6 Å². The standard InChI is InChI=1S/C23H23NO5/c25-20-16-18(10-11-19(20)23(28)17-8-4-3-5-9-17)29-15-7-2-1-6-14-24-21(26)12-13-22(24)27/h3-5,8-13,16,25H,1-2,6-7,14-15H2. The average Bonchev–Trinajstić information content (AvgIpc) is 3.05. The number of imide groups is 1. The zero-order valence-corrected chi connectivity index (χ0v) is 16.0. The smallest absolute Gasteiger partial charge is 0.253 e. The number of hydrogen-bond donors (Lipinski definition) is 1. The molecule has 0 fully saturated rings. The number of aromatic hydroxyl groups is 1. The fraction of sp³-hybridized carbons (Fsp3) is 0.261. The number of ketones is 1. The Morgan fingerprint density at radius 3 is 2.28 bits per heavy atom. The highest BCUT2D eigenvalue weighted by Crippen LogP contribution is 2.26. The normalized spacial score (nSPS) is 13.2. The summed E-state index contributed by atoms with van der Waals surface area (Å²) in [5.74, 6) is -0.323. The van der Waals surface area contributed by atoms with Crippen molar-refractivity contribution in [1.82, 2.24) is 4.90 Å². The number of ether oxygens (including phenoxy) is 1. The minimum absolute atomic E-state index is 0.107. The van der Waals surface area contributed by atoms with Gasteiger partial charge in [0.2, 0.25) is 0 Å². The molecule has 0 bridgehead atoms. The van der Waals surface area contributed by atoms with Crippen LogP contribution in [0.5, 0.6) is 11.5 Å². The van der Waals surface area contributed by atoms with Crippen LogP contribution in [-0.4, -0.2) is 40.8 Å². The highest BCUT2D eigenvalue weighted by atomic mass is 16.5. The lowest BCUT2D eigenvalue weighted by Gasteiger charge is -2.13. The summed E-state index contributed by atoms with van der Waals surface area (Å²) in [6.45, 7) is 0.921. The van der Waals surface area contributed by atoms with Crippen molar-refractivity contribution in [2.45, 2.75) is 25.7 Å². The third kappa shape index (κ3) is 5.31. The summed E-state index contributed by atoms with van der Waals surface area (Å²) in [5.41, 5.74) is 0.758. The van der Waals surface area contributed by atoms with Gasteiger partial charge in [0.15, 0.2) is 5.78 Å². The van der Waals surface area contributed by atoms with Crippen molar-refractivity contribution in [1.29, 1.82) is 0 Å². The lowest BCUT2D eigenvalue weighted by Crippen LogP contribution is -2.30. The molecular formula is C23H23NO5. The van der Waals surface area contributed by atoms with E-state index in [1.54, 1.807) is 36.4 Å². The number of phenols is 1. The van der Waals surface area contributed by atoms with Crippen molar-refractivity contribution in [2.24, 2.45) is 0 Å². The Labute approximate surface area is 169 Å². The maximum atomic E-state index is 12.4. The number of hydrogen-bond acceptors (Lipinski definition) is 5. The third-order valence-corrected chi connectivity index (χ3v) is 4.70. The van der Waals surface area contributed by atoms with Crippen LogP contribution in [0.1, 0.15) is 41.6 Å². The van der Waals surface area contributed by atoms with Crippen molar-refractivity contribution in [2.75, 3.05) is 13.2 Å². The second-order valence-electron chi connectivity index (χ2n) is 6.80. The van der Waals surface area contributed by atoms with E-state index < -0.39 is 0 Å². The summed E-state index contributed by atoms with van der Waals surface area (Å²) in [5, 5.41) is 10.2. The van der Waals surface area contributed by atoms with Crippen molar-refractivity contribution in [3.05, 3.63) is 71.8 Å². The minimum atomic E-state index is -0.243. The molecule has 2 amide bonds. The summed E-state index contributed by atoms with van der Waals surface area (Å²) in [6.07, 6.45) is 5.95. The number of unbranched alkanes of at least 4 members (excludes halogenated alkanes) is 3. The number of carbonyl (C=O) groups is 3. The van der Waals surface area contributed by atoms with Crippen LogP contribution < -0.4 is 4.74 Å². The fourth-order valence-corrected chi connectivity index (χ4v) is 3.11. The maximum Gasteiger partial charge on any atom is 0.253 e. The van der Waals surface area contributed by atoms with E-state index in [2.05, 4.69) is 0 Å². The summed E-state index contributed by atoms with van der Waals surface area (Å²) in [4.78, 5) is 36.5. The Morgan fingerprint density at radius 2 is 1.59 bits per heavy atom. The Bertz CT molecular complexity index is 902. The second kappa shape index (κ2) is 9.68. The van der Waals surface area contributed by atoms with E-state index in [4.69, 9.17) is 4.74 Å². The van der Waals surface area contributed by atoms with Gasteiger partial charge in [0.05, 0.1) is 12.2 Å². The van der Waals surface area contributed by atoms with Gasteiger partial charge in [-0.05, 0) is 25.0 Å². The fourth-order valence-electron chi connectivity index (χ4n) is 3.11. The maximum absolute atomic E-state index is 12.4. The SMILES string of the molecule is O=C(c1ccccc1)c1ccc(OCCCCCCN2C(=O)C=CC2=O)cc1O. The Morgan fingerprint density at radius 1 is 0.897 bits per heavy atom. The minimum Gasteiger partial charge on any atom is -0.507 e. The highest BCUT2D eigenvalue weighted by molar-refractivity contribution is 6.13. The molecule has 2 aromatic rings. The van der Waals surface area contributed by atoms with Crippen molar-refractivity contribution in [3.8, 4) is 11.5 Å². The number of amides is 2. The molecule has 0 aliphatic carbocycles. The molecule has 0 unspecified atom stereocenters. The van der Waals surface area contributed by atoms with E-state index in [0.29, 0.717) is 24.5 Å². The molecule has 0 radical (unpaired) electrons. The van der Waals surface area contributed by atoms with Gasteiger partial charge in [-0.25, -0.2) is 0 Å². The third-order valence-electron chi connectivity index (χ3n) is 4.70. The lowest BCUT2D eigenvalue weighted by atomic mass is 10.0. The van der Waals surface area contributed by atoms with Gasteiger partial charge in [0.25, 0.3) is 11.8 Å². The zero-order valence-electron chi connectivity index (χ0n) is 16.0. The van der Waals surface area contributed by atoms with E-state index >= 15 is 0 Å². The quantitative estimate of drug-likeness (QED) is 0.379. The molecule has 0 aromatic heterocycles. The lowest BCUT2D eigenvalue weighted by molar-refractivity contribution is -0.136. The van der Waals surface area contributed by atoms with Gasteiger partial charge in [-0.1, -0.05) is 43.2 Å². The first-order valence-corrected chi connectivity index (χ1v) is 9.65. The van der Waals surface area contributed by atoms with Crippen LogP contribution in [0.2, 0.25) is 0 Å². The molecule has 3 rings (SSSR count). The van der Waals surface area contributed by atoms with Crippen LogP contribution in [-0.2, 0) is 9.59 Å². The van der Waals surface area contributed by atoms with E-state index in [1.165, 1.54) is 23.1 Å². The van der Waals surface area contributed by atoms with Crippen LogP contribution in [0, 0.1) is 0 Å². The van der Waals surface area contributed by atoms with E-state index in [1.807, 2.05) is 6.07 Å². The van der Waals surface area contributed by atoms with Gasteiger partial charge in [-0.2, -0.15) is 0 Å². The summed E-state index contributed by atoms with van der Waals surface area (Å²) >= 11 is 0. The largest absolute Gasteiger partial charge is 0.507 e. The number of benzene rings is 2. The van der Waals surface area contributed by atoms with Crippen LogP contribution >= 0.6 is 0 Å². The van der Waals surface area contributed by atoms with E-state index in [-0.39, 0.29) is 28.9 Å². The molecule has 2 aromatic carbocycles. The molecule has 0 spiro atoms. The Hall–Kier alpha value is -3.41. The van der Waals surface area contributed by atoms with Gasteiger partial charge < -0.3 is 9.84 Å². The highest BCUT2D eigenvalue weighted by Gasteiger charge is 2.22. The Kier molecular flexibility index (Phi) is 6.79. The molecule has 6 heteroatoms. The predicted molar refractivity (Wildman–Crippen MR) is 108 cm³/mol. The molecule has 29 heavy (non-hydrogen) atoms. The topological polar surface area (TPSA) is 83.9 Å². The average molecular weight is 393 g/mol. The van der Waals surface area contributed by atoms with Gasteiger partial charge in [0.1, 0.15) is 11.5 Å². The molecule has 1 aliphatic heterocycles. The van der Waals surface area contributed by atoms with Crippen LogP contribution in [0.3, 0.4) is 0 Å². The van der Waals surface area contributed by atoms with Crippen molar-refractivity contribution < 1.29 is 24.2 Å². The van der Waals surface area contributed by atoms with Crippen LogP contribution in [0.15, 0.2) is 60.7 Å². The second-order valence-corrected chi connectivity index (χ2v) is 6.80. The first kappa shape index (κ1) is 20.3. The zero-order chi connectivity index (χ0) is 20.6. The molecule has 0 atom stereocenters. The van der Waals surface area contributed by atoms with Gasteiger partial charge >= 0.3 is 0 Å². The molecule has 6 nitrogen and oxygen atoms in total. The number of carbonyl (C=O) groups excluding carboxylic acids is 3. The molecular weight excluding hydrogens is 370 g/mol. The van der Waals surface area contributed by atoms with Crippen LogP contribution in [0.25, 0.3) is 0 Å².